The second-order valence-corrected chi connectivity index (χ2v) is 6.25. The van der Waals surface area contributed by atoms with Gasteiger partial charge in [0, 0.05) is 12.0 Å². The third-order valence-electron chi connectivity index (χ3n) is 5.69. The molecule has 0 aromatic rings. The summed E-state index contributed by atoms with van der Waals surface area (Å²) in [7, 11) is 2.03. The van der Waals surface area contributed by atoms with Crippen LogP contribution in [0.15, 0.2) is 0 Å². The van der Waals surface area contributed by atoms with E-state index in [1.165, 1.54) is 25.7 Å². The molecule has 3 heteroatoms. The van der Waals surface area contributed by atoms with Crippen LogP contribution in [0.25, 0.3) is 0 Å². The summed E-state index contributed by atoms with van der Waals surface area (Å²) in [6.07, 6.45) is 6.93. The number of aliphatic hydroxyl groups excluding tert-OH is 2. The Morgan fingerprint density at radius 2 is 1.75 bits per heavy atom. The molecule has 16 heavy (non-hydrogen) atoms. The van der Waals surface area contributed by atoms with Crippen LogP contribution in [-0.2, 0) is 0 Å². The van der Waals surface area contributed by atoms with Crippen molar-refractivity contribution in [2.24, 2.45) is 16.2 Å². The molecule has 1 unspecified atom stereocenters. The molecule has 3 saturated carbocycles. The lowest BCUT2D eigenvalue weighted by Crippen LogP contribution is -2.42. The second kappa shape index (κ2) is 3.21. The van der Waals surface area contributed by atoms with Gasteiger partial charge in [-0.3, -0.25) is 0 Å². The van der Waals surface area contributed by atoms with E-state index in [9.17, 15) is 10.2 Å². The summed E-state index contributed by atoms with van der Waals surface area (Å²) in [6.45, 7) is 1.03. The topological polar surface area (TPSA) is 52.5 Å². The van der Waals surface area contributed by atoms with Crippen LogP contribution in [0.5, 0.6) is 0 Å². The van der Waals surface area contributed by atoms with Gasteiger partial charge in [-0.25, -0.2) is 0 Å². The fourth-order valence-electron chi connectivity index (χ4n) is 4.44. The molecule has 0 saturated heterocycles. The summed E-state index contributed by atoms with van der Waals surface area (Å²) in [4.78, 5) is 0. The molecule has 3 fully saturated rings. The zero-order valence-corrected chi connectivity index (χ0v) is 10.1. The van der Waals surface area contributed by atoms with Gasteiger partial charge in [-0.2, -0.15) is 0 Å². The van der Waals surface area contributed by atoms with Gasteiger partial charge in [0.2, 0.25) is 0 Å². The Hall–Kier alpha value is -0.120. The maximum Gasteiger partial charge on any atom is 0.0832 e. The molecule has 0 amide bonds. The minimum Gasteiger partial charge on any atom is -0.394 e. The molecule has 0 aromatic carbocycles. The van der Waals surface area contributed by atoms with E-state index in [0.717, 1.165) is 19.4 Å². The molecule has 3 nitrogen and oxygen atoms in total. The standard InChI is InChI=1S/C13H23NO2/c1-14-9-11(2-3-11)13(6-7-13)12(4-5-12)10(16)8-15/h10,14-16H,2-9H2,1H3. The van der Waals surface area contributed by atoms with E-state index in [0.29, 0.717) is 10.8 Å². The van der Waals surface area contributed by atoms with Crippen LogP contribution in [0.1, 0.15) is 38.5 Å². The van der Waals surface area contributed by atoms with Gasteiger partial charge in [0.05, 0.1) is 12.7 Å². The maximum absolute atomic E-state index is 10.1. The van der Waals surface area contributed by atoms with Crippen LogP contribution in [0, 0.1) is 16.2 Å². The first-order chi connectivity index (χ1) is 7.66. The lowest BCUT2D eigenvalue weighted by Gasteiger charge is -2.37. The number of nitrogens with one attached hydrogen (secondary N) is 1. The molecular formula is C13H23NO2. The van der Waals surface area contributed by atoms with Crippen molar-refractivity contribution < 1.29 is 10.2 Å². The predicted molar refractivity (Wildman–Crippen MR) is 62.0 cm³/mol. The molecule has 3 N–H and O–H groups in total. The Balaban J connectivity index is 1.84. The first kappa shape index (κ1) is 11.0. The van der Waals surface area contributed by atoms with E-state index in [1.54, 1.807) is 0 Å². The van der Waals surface area contributed by atoms with Crippen molar-refractivity contribution in [3.63, 3.8) is 0 Å². The fraction of sp³-hybridized carbons (Fsp3) is 1.00. The third-order valence-corrected chi connectivity index (χ3v) is 5.69. The lowest BCUT2D eigenvalue weighted by atomic mass is 9.70. The summed E-state index contributed by atoms with van der Waals surface area (Å²) >= 11 is 0. The highest BCUT2D eigenvalue weighted by Gasteiger charge is 2.77. The van der Waals surface area contributed by atoms with Crippen molar-refractivity contribution >= 4 is 0 Å². The molecule has 92 valence electrons. The molecule has 3 aliphatic rings. The molecule has 3 aliphatic carbocycles. The van der Waals surface area contributed by atoms with Gasteiger partial charge in [-0.1, -0.05) is 0 Å². The second-order valence-electron chi connectivity index (χ2n) is 6.25. The first-order valence-corrected chi connectivity index (χ1v) is 6.60. The maximum atomic E-state index is 10.1. The highest BCUT2D eigenvalue weighted by atomic mass is 16.3. The van der Waals surface area contributed by atoms with E-state index in [1.807, 2.05) is 7.05 Å². The Morgan fingerprint density at radius 1 is 1.12 bits per heavy atom. The van der Waals surface area contributed by atoms with Crippen LogP contribution in [0.2, 0.25) is 0 Å². The smallest absolute Gasteiger partial charge is 0.0832 e. The third kappa shape index (κ3) is 1.14. The van der Waals surface area contributed by atoms with E-state index in [2.05, 4.69) is 5.32 Å². The predicted octanol–water partition coefficient (Wildman–Crippen LogP) is 0.900. The lowest BCUT2D eigenvalue weighted by molar-refractivity contribution is -0.0229. The average molecular weight is 225 g/mol. The zero-order valence-electron chi connectivity index (χ0n) is 10.1. The van der Waals surface area contributed by atoms with E-state index < -0.39 is 6.10 Å². The SMILES string of the molecule is CNCC1(C2(C3(C(O)CO)CC3)CC2)CC1. The summed E-state index contributed by atoms with van der Waals surface area (Å²) < 4.78 is 0. The van der Waals surface area contributed by atoms with Gasteiger partial charge < -0.3 is 15.5 Å². The summed E-state index contributed by atoms with van der Waals surface area (Å²) in [5.41, 5.74) is 0.897. The van der Waals surface area contributed by atoms with E-state index in [4.69, 9.17) is 0 Å². The Labute approximate surface area is 97.2 Å². The monoisotopic (exact) mass is 225 g/mol. The molecule has 0 aromatic heterocycles. The minimum atomic E-state index is -0.482. The number of hydrogen-bond acceptors (Lipinski definition) is 3. The molecule has 0 spiro atoms. The minimum absolute atomic E-state index is 0.0582. The van der Waals surface area contributed by atoms with Gasteiger partial charge in [0.1, 0.15) is 0 Å². The van der Waals surface area contributed by atoms with E-state index >= 15 is 0 Å². The molecule has 0 radical (unpaired) electrons. The van der Waals surface area contributed by atoms with Crippen molar-refractivity contribution in [3.05, 3.63) is 0 Å². The Kier molecular flexibility index (Phi) is 2.21. The number of rotatable bonds is 6. The number of hydrogen-bond donors (Lipinski definition) is 3. The molecule has 3 rings (SSSR count). The molecular weight excluding hydrogens is 202 g/mol. The van der Waals surface area contributed by atoms with Crippen LogP contribution in [-0.4, -0.2) is 36.5 Å². The van der Waals surface area contributed by atoms with Crippen molar-refractivity contribution in [2.75, 3.05) is 20.2 Å². The van der Waals surface area contributed by atoms with E-state index in [-0.39, 0.29) is 12.0 Å². The Morgan fingerprint density at radius 3 is 2.06 bits per heavy atom. The van der Waals surface area contributed by atoms with Gasteiger partial charge in [-0.05, 0) is 56.4 Å². The normalized spacial score (nSPS) is 33.2. The van der Waals surface area contributed by atoms with Crippen LogP contribution in [0.3, 0.4) is 0 Å². The number of aliphatic hydroxyl groups is 2. The Bertz CT molecular complexity index is 290. The summed E-state index contributed by atoms with van der Waals surface area (Å²) in [5.74, 6) is 0. The largest absolute Gasteiger partial charge is 0.394 e. The van der Waals surface area contributed by atoms with Gasteiger partial charge >= 0.3 is 0 Å². The molecule has 1 atom stereocenters. The van der Waals surface area contributed by atoms with Gasteiger partial charge in [0.25, 0.3) is 0 Å². The quantitative estimate of drug-likeness (QED) is 0.629. The molecule has 0 bridgehead atoms. The van der Waals surface area contributed by atoms with Crippen LogP contribution >= 0.6 is 0 Å². The highest BCUT2D eigenvalue weighted by molar-refractivity contribution is 5.27. The average Bonchev–Trinajstić information content (AvgIpc) is 3.14. The first-order valence-electron chi connectivity index (χ1n) is 6.60. The van der Waals surface area contributed by atoms with Gasteiger partial charge in [-0.15, -0.1) is 0 Å². The van der Waals surface area contributed by atoms with Crippen molar-refractivity contribution in [1.29, 1.82) is 0 Å². The molecule has 0 heterocycles. The molecule has 0 aliphatic heterocycles. The van der Waals surface area contributed by atoms with Crippen LogP contribution in [0.4, 0.5) is 0 Å². The fourth-order valence-corrected chi connectivity index (χ4v) is 4.44. The summed E-state index contributed by atoms with van der Waals surface area (Å²) in [5, 5.41) is 22.7. The summed E-state index contributed by atoms with van der Waals surface area (Å²) in [6, 6.07) is 0. The van der Waals surface area contributed by atoms with Crippen molar-refractivity contribution in [1.82, 2.24) is 5.32 Å². The van der Waals surface area contributed by atoms with Crippen molar-refractivity contribution in [3.8, 4) is 0 Å². The van der Waals surface area contributed by atoms with Crippen molar-refractivity contribution in [2.45, 2.75) is 44.6 Å². The van der Waals surface area contributed by atoms with Gasteiger partial charge in [0.15, 0.2) is 0 Å². The van der Waals surface area contributed by atoms with Crippen LogP contribution < -0.4 is 5.32 Å². The highest BCUT2D eigenvalue weighted by Crippen LogP contribution is 2.83. The zero-order chi connectivity index (χ0) is 11.4.